The molecule has 0 saturated carbocycles. The van der Waals surface area contributed by atoms with Crippen LogP contribution in [0.2, 0.25) is 0 Å². The van der Waals surface area contributed by atoms with Crippen molar-refractivity contribution in [3.63, 3.8) is 0 Å². The average Bonchev–Trinajstić information content (AvgIpc) is 3.22. The number of rotatable bonds is 6. The molecule has 4 rings (SSSR count). The average molecular weight is 514 g/mol. The molecule has 0 unspecified atom stereocenters. The van der Waals surface area contributed by atoms with Crippen molar-refractivity contribution >= 4 is 23.4 Å². The number of aromatic nitrogens is 5. The molecule has 0 aromatic carbocycles. The summed E-state index contributed by atoms with van der Waals surface area (Å²) in [4.78, 5) is 25.3. The molecular weight excluding hydrogens is 494 g/mol. The molecule has 192 valence electrons. The van der Waals surface area contributed by atoms with Gasteiger partial charge in [-0.1, -0.05) is 6.07 Å². The van der Waals surface area contributed by atoms with E-state index in [1.165, 1.54) is 22.7 Å². The predicted molar refractivity (Wildman–Crippen MR) is 116 cm³/mol. The Hall–Kier alpha value is -3.91. The number of hydrogen-bond donors (Lipinski definition) is 2. The van der Waals surface area contributed by atoms with Crippen molar-refractivity contribution in [2.45, 2.75) is 44.8 Å². The first-order valence-corrected chi connectivity index (χ1v) is 10.6. The second-order valence-corrected chi connectivity index (χ2v) is 8.22. The Labute approximate surface area is 200 Å². The summed E-state index contributed by atoms with van der Waals surface area (Å²) in [6, 6.07) is 0.758. The van der Waals surface area contributed by atoms with Gasteiger partial charge in [0.1, 0.15) is 17.4 Å². The van der Waals surface area contributed by atoms with Crippen molar-refractivity contribution in [1.82, 2.24) is 24.7 Å². The van der Waals surface area contributed by atoms with Crippen molar-refractivity contribution in [3.05, 3.63) is 53.2 Å². The van der Waals surface area contributed by atoms with Crippen LogP contribution in [0.4, 0.5) is 43.8 Å². The van der Waals surface area contributed by atoms with Crippen LogP contribution in [0.15, 0.2) is 30.7 Å². The maximum atomic E-state index is 12.9. The van der Waals surface area contributed by atoms with E-state index in [1.54, 1.807) is 19.3 Å². The van der Waals surface area contributed by atoms with Crippen LogP contribution in [-0.4, -0.2) is 49.9 Å². The Morgan fingerprint density at radius 3 is 2.47 bits per heavy atom. The molecule has 0 radical (unpaired) electrons. The molecular formula is C21H20F6N8O. The van der Waals surface area contributed by atoms with Crippen LogP contribution in [0.25, 0.3) is 0 Å². The fraction of sp³-hybridized carbons (Fsp3) is 0.381. The first kappa shape index (κ1) is 25.2. The van der Waals surface area contributed by atoms with E-state index < -0.39 is 36.4 Å². The van der Waals surface area contributed by atoms with Crippen LogP contribution >= 0.6 is 0 Å². The summed E-state index contributed by atoms with van der Waals surface area (Å²) in [6.07, 6.45) is -6.03. The molecule has 1 aliphatic heterocycles. The van der Waals surface area contributed by atoms with Crippen LogP contribution in [0, 0.1) is 6.92 Å². The summed E-state index contributed by atoms with van der Waals surface area (Å²) in [5.74, 6) is -0.491. The first-order valence-electron chi connectivity index (χ1n) is 10.6. The third-order valence-electron chi connectivity index (χ3n) is 5.45. The number of halogens is 6. The minimum Gasteiger partial charge on any atom is -0.350 e. The molecule has 36 heavy (non-hydrogen) atoms. The van der Waals surface area contributed by atoms with Crippen LogP contribution in [0.5, 0.6) is 0 Å². The minimum atomic E-state index is -4.53. The van der Waals surface area contributed by atoms with E-state index in [-0.39, 0.29) is 30.5 Å². The topological polar surface area (TPSA) is 101 Å². The van der Waals surface area contributed by atoms with Crippen LogP contribution in [0.1, 0.15) is 28.9 Å². The smallest absolute Gasteiger partial charge is 0.350 e. The summed E-state index contributed by atoms with van der Waals surface area (Å²) >= 11 is 0. The van der Waals surface area contributed by atoms with Crippen LogP contribution in [-0.2, 0) is 24.1 Å². The molecule has 3 aromatic heterocycles. The lowest BCUT2D eigenvalue weighted by Crippen LogP contribution is -2.49. The zero-order valence-corrected chi connectivity index (χ0v) is 18.9. The van der Waals surface area contributed by atoms with Crippen molar-refractivity contribution in [1.29, 1.82) is 0 Å². The Morgan fingerprint density at radius 1 is 1.08 bits per heavy atom. The molecule has 1 amide bonds. The number of hydrogen-bond acceptors (Lipinski definition) is 7. The highest BCUT2D eigenvalue weighted by molar-refractivity contribution is 6.03. The Kier molecular flexibility index (Phi) is 6.49. The molecule has 0 fully saturated rings. The van der Waals surface area contributed by atoms with Gasteiger partial charge in [-0.3, -0.25) is 14.5 Å². The summed E-state index contributed by atoms with van der Waals surface area (Å²) in [6.45, 7) is 2.01. The van der Waals surface area contributed by atoms with Crippen LogP contribution in [0.3, 0.4) is 0 Å². The Bertz CT molecular complexity index is 1250. The van der Waals surface area contributed by atoms with Gasteiger partial charge in [-0.15, -0.1) is 0 Å². The number of nitrogens with zero attached hydrogens (tertiary/aromatic N) is 6. The monoisotopic (exact) mass is 514 g/mol. The zero-order chi connectivity index (χ0) is 26.3. The molecule has 9 nitrogen and oxygen atoms in total. The van der Waals surface area contributed by atoms with Gasteiger partial charge in [-0.25, -0.2) is 4.98 Å². The van der Waals surface area contributed by atoms with Gasteiger partial charge < -0.3 is 15.5 Å². The molecule has 2 N–H and O–H groups in total. The predicted octanol–water partition coefficient (Wildman–Crippen LogP) is 3.77. The van der Waals surface area contributed by atoms with E-state index in [0.29, 0.717) is 16.8 Å². The van der Waals surface area contributed by atoms with Gasteiger partial charge in [0.05, 0.1) is 24.9 Å². The quantitative estimate of drug-likeness (QED) is 0.483. The van der Waals surface area contributed by atoms with Crippen molar-refractivity contribution in [2.24, 2.45) is 0 Å². The summed E-state index contributed by atoms with van der Waals surface area (Å²) in [7, 11) is 1.37. The molecule has 4 heterocycles. The Morgan fingerprint density at radius 2 is 1.83 bits per heavy atom. The van der Waals surface area contributed by atoms with Gasteiger partial charge in [0.2, 0.25) is 11.9 Å². The number of anilines is 3. The SMILES string of the molecule is Cc1nc(NCc2cnn(Cc3ccc(C(F)(F)F)nc3)c2)nc2c1NC(=O)[C@H](CC(F)(F)F)N2C. The highest BCUT2D eigenvalue weighted by atomic mass is 19.4. The van der Waals surface area contributed by atoms with Gasteiger partial charge >= 0.3 is 12.4 Å². The number of carbonyl (C=O) groups is 1. The van der Waals surface area contributed by atoms with Crippen molar-refractivity contribution in [2.75, 3.05) is 22.6 Å². The molecule has 0 aliphatic carbocycles. The molecule has 1 aliphatic rings. The lowest BCUT2D eigenvalue weighted by molar-refractivity contribution is -0.145. The number of fused-ring (bicyclic) bond motifs is 1. The number of pyridine rings is 1. The molecule has 3 aromatic rings. The van der Waals surface area contributed by atoms with E-state index >= 15 is 0 Å². The van der Waals surface area contributed by atoms with Gasteiger partial charge in [0.15, 0.2) is 5.82 Å². The lowest BCUT2D eigenvalue weighted by Gasteiger charge is -2.35. The molecule has 15 heteroatoms. The number of carbonyl (C=O) groups excluding carboxylic acids is 1. The number of alkyl halides is 6. The van der Waals surface area contributed by atoms with Crippen LogP contribution < -0.4 is 15.5 Å². The second kappa shape index (κ2) is 9.28. The molecule has 0 spiro atoms. The number of nitrogens with one attached hydrogen (secondary N) is 2. The van der Waals surface area contributed by atoms with Gasteiger partial charge in [-0.2, -0.15) is 36.4 Å². The van der Waals surface area contributed by atoms with Gasteiger partial charge in [0, 0.05) is 31.5 Å². The molecule has 1 atom stereocenters. The fourth-order valence-corrected chi connectivity index (χ4v) is 3.66. The van der Waals surface area contributed by atoms with Gasteiger partial charge in [0.25, 0.3) is 0 Å². The maximum Gasteiger partial charge on any atom is 0.433 e. The first-order chi connectivity index (χ1) is 16.8. The number of amides is 1. The standard InChI is InChI=1S/C21H20F6N8O/c1-11-16-17(34(2)14(18(36)32-16)5-20(22,23)24)33-19(31-11)29-7-13-8-30-35(10-13)9-12-3-4-15(28-6-12)21(25,26)27/h3-4,6,8,10,14H,5,7,9H2,1-2H3,(H,32,36)(H,29,31,33)/t14-/m0/s1. The summed E-state index contributed by atoms with van der Waals surface area (Å²) in [5, 5.41) is 9.60. The Balaban J connectivity index is 1.43. The minimum absolute atomic E-state index is 0.139. The third-order valence-corrected chi connectivity index (χ3v) is 5.45. The van der Waals surface area contributed by atoms with E-state index in [2.05, 4.69) is 30.7 Å². The van der Waals surface area contributed by atoms with E-state index in [0.717, 1.165) is 12.3 Å². The van der Waals surface area contributed by atoms with Gasteiger partial charge in [-0.05, 0) is 18.6 Å². The zero-order valence-electron chi connectivity index (χ0n) is 18.9. The summed E-state index contributed by atoms with van der Waals surface area (Å²) < 4.78 is 78.3. The number of likely N-dealkylation sites (N-methyl/N-ethyl adjacent to an activating group) is 1. The van der Waals surface area contributed by atoms with Crippen molar-refractivity contribution < 1.29 is 31.1 Å². The second-order valence-electron chi connectivity index (χ2n) is 8.22. The lowest BCUT2D eigenvalue weighted by atomic mass is 10.1. The maximum absolute atomic E-state index is 12.9. The number of aryl methyl sites for hydroxylation is 1. The highest BCUT2D eigenvalue weighted by Crippen LogP contribution is 2.35. The third kappa shape index (κ3) is 5.66. The van der Waals surface area contributed by atoms with Crippen molar-refractivity contribution in [3.8, 4) is 0 Å². The summed E-state index contributed by atoms with van der Waals surface area (Å²) in [5.41, 5.74) is 0.859. The molecule has 0 saturated heterocycles. The van der Waals surface area contributed by atoms with E-state index in [4.69, 9.17) is 0 Å². The normalized spacial score (nSPS) is 16.1. The largest absolute Gasteiger partial charge is 0.433 e. The van der Waals surface area contributed by atoms with E-state index in [9.17, 15) is 31.1 Å². The highest BCUT2D eigenvalue weighted by Gasteiger charge is 2.41. The molecule has 0 bridgehead atoms. The fourth-order valence-electron chi connectivity index (χ4n) is 3.66. The van der Waals surface area contributed by atoms with E-state index in [1.807, 2.05) is 0 Å².